The molecule has 0 saturated heterocycles. The van der Waals surface area contributed by atoms with Crippen LogP contribution in [0.1, 0.15) is 11.1 Å². The summed E-state index contributed by atoms with van der Waals surface area (Å²) in [7, 11) is 0. The summed E-state index contributed by atoms with van der Waals surface area (Å²) in [6, 6.07) is 14.3. The molecular formula is C16H12N2S. The Balaban J connectivity index is 1.96. The van der Waals surface area contributed by atoms with E-state index in [1.54, 1.807) is 17.7 Å². The summed E-state index contributed by atoms with van der Waals surface area (Å²) >= 11 is 1.69. The lowest BCUT2D eigenvalue weighted by atomic mass is 10.1. The van der Waals surface area contributed by atoms with Gasteiger partial charge in [0.25, 0.3) is 0 Å². The van der Waals surface area contributed by atoms with Crippen molar-refractivity contribution in [2.75, 3.05) is 0 Å². The molecular weight excluding hydrogens is 252 g/mol. The smallest absolute Gasteiger partial charge is 0.116 e. The fraction of sp³-hybridized carbons (Fsp3) is 0. The molecule has 0 spiro atoms. The topological polar surface area (TPSA) is 25.8 Å². The van der Waals surface area contributed by atoms with Crippen molar-refractivity contribution in [1.82, 2.24) is 9.97 Å². The van der Waals surface area contributed by atoms with Crippen LogP contribution < -0.4 is 0 Å². The summed E-state index contributed by atoms with van der Waals surface area (Å²) in [5.74, 6) is 0. The summed E-state index contributed by atoms with van der Waals surface area (Å²) in [5, 5.41) is 2.06. The lowest BCUT2D eigenvalue weighted by Gasteiger charge is -2.01. The van der Waals surface area contributed by atoms with E-state index in [0.29, 0.717) is 0 Å². The second kappa shape index (κ2) is 5.59. The number of hydrogen-bond acceptors (Lipinski definition) is 3. The van der Waals surface area contributed by atoms with Crippen LogP contribution in [0.5, 0.6) is 0 Å². The molecule has 3 heteroatoms. The summed E-state index contributed by atoms with van der Waals surface area (Å²) < 4.78 is 0. The quantitative estimate of drug-likeness (QED) is 0.701. The van der Waals surface area contributed by atoms with E-state index in [1.165, 1.54) is 5.56 Å². The van der Waals surface area contributed by atoms with Crippen LogP contribution in [0.2, 0.25) is 0 Å². The standard InChI is InChI=1S/C16H12N2S/c1-2-5-13(6-3-1)8-9-14-11-17-12-18-16(14)15-7-4-10-19-15/h1-12H/b9-8+. The molecule has 0 aliphatic carbocycles. The monoisotopic (exact) mass is 264 g/mol. The van der Waals surface area contributed by atoms with Gasteiger partial charge in [-0.05, 0) is 17.0 Å². The molecule has 2 aromatic heterocycles. The molecule has 2 nitrogen and oxygen atoms in total. The molecule has 1 aromatic carbocycles. The Morgan fingerprint density at radius 2 is 1.84 bits per heavy atom. The molecule has 2 heterocycles. The van der Waals surface area contributed by atoms with E-state index < -0.39 is 0 Å². The molecule has 0 amide bonds. The molecule has 0 atom stereocenters. The number of thiophene rings is 1. The molecule has 0 N–H and O–H groups in total. The minimum absolute atomic E-state index is 0.984. The van der Waals surface area contributed by atoms with Crippen LogP contribution >= 0.6 is 11.3 Å². The van der Waals surface area contributed by atoms with Crippen LogP contribution in [-0.2, 0) is 0 Å². The average Bonchev–Trinajstić information content (AvgIpc) is 3.01. The van der Waals surface area contributed by atoms with Gasteiger partial charge in [-0.2, -0.15) is 0 Å². The molecule has 92 valence electrons. The third-order valence-corrected chi connectivity index (χ3v) is 3.63. The molecule has 0 aliphatic rings. The second-order valence-electron chi connectivity index (χ2n) is 4.05. The first kappa shape index (κ1) is 11.8. The van der Waals surface area contributed by atoms with E-state index in [0.717, 1.165) is 16.1 Å². The fourth-order valence-corrected chi connectivity index (χ4v) is 2.57. The summed E-state index contributed by atoms with van der Waals surface area (Å²) in [5.41, 5.74) is 3.19. The highest BCUT2D eigenvalue weighted by atomic mass is 32.1. The summed E-state index contributed by atoms with van der Waals surface area (Å²) in [4.78, 5) is 9.65. The van der Waals surface area contributed by atoms with Crippen molar-refractivity contribution in [1.29, 1.82) is 0 Å². The number of nitrogens with zero attached hydrogens (tertiary/aromatic N) is 2. The van der Waals surface area contributed by atoms with Gasteiger partial charge >= 0.3 is 0 Å². The van der Waals surface area contributed by atoms with E-state index in [1.807, 2.05) is 30.5 Å². The molecule has 0 bridgehead atoms. The Bertz CT molecular complexity index is 673. The number of rotatable bonds is 3. The summed E-state index contributed by atoms with van der Waals surface area (Å²) in [6.45, 7) is 0. The van der Waals surface area contributed by atoms with Crippen LogP contribution in [-0.4, -0.2) is 9.97 Å². The van der Waals surface area contributed by atoms with Gasteiger partial charge in [0.1, 0.15) is 6.33 Å². The normalized spacial score (nSPS) is 10.9. The molecule has 0 saturated carbocycles. The molecule has 3 rings (SSSR count). The number of benzene rings is 1. The fourth-order valence-electron chi connectivity index (χ4n) is 1.83. The zero-order chi connectivity index (χ0) is 12.9. The van der Waals surface area contributed by atoms with Crippen LogP contribution in [0.25, 0.3) is 22.7 Å². The zero-order valence-electron chi connectivity index (χ0n) is 10.2. The van der Waals surface area contributed by atoms with Crippen LogP contribution in [0, 0.1) is 0 Å². The van der Waals surface area contributed by atoms with Crippen molar-refractivity contribution in [3.8, 4) is 10.6 Å². The highest BCUT2D eigenvalue weighted by Crippen LogP contribution is 2.26. The van der Waals surface area contributed by atoms with E-state index in [2.05, 4.69) is 45.7 Å². The Morgan fingerprint density at radius 1 is 0.947 bits per heavy atom. The maximum Gasteiger partial charge on any atom is 0.116 e. The maximum atomic E-state index is 4.38. The molecule has 3 aromatic rings. The average molecular weight is 264 g/mol. The second-order valence-corrected chi connectivity index (χ2v) is 5.00. The van der Waals surface area contributed by atoms with Crippen molar-refractivity contribution in [2.45, 2.75) is 0 Å². The van der Waals surface area contributed by atoms with Crippen molar-refractivity contribution >= 4 is 23.5 Å². The van der Waals surface area contributed by atoms with Crippen LogP contribution in [0.15, 0.2) is 60.4 Å². The van der Waals surface area contributed by atoms with Gasteiger partial charge in [0.2, 0.25) is 0 Å². The van der Waals surface area contributed by atoms with Crippen LogP contribution in [0.4, 0.5) is 0 Å². The molecule has 0 fully saturated rings. The van der Waals surface area contributed by atoms with E-state index in [-0.39, 0.29) is 0 Å². The van der Waals surface area contributed by atoms with Gasteiger partial charge in [-0.25, -0.2) is 9.97 Å². The van der Waals surface area contributed by atoms with Gasteiger partial charge in [-0.1, -0.05) is 48.6 Å². The molecule has 19 heavy (non-hydrogen) atoms. The molecule has 0 aliphatic heterocycles. The van der Waals surface area contributed by atoms with Gasteiger partial charge in [0.15, 0.2) is 0 Å². The first-order chi connectivity index (χ1) is 9.43. The highest BCUT2D eigenvalue weighted by molar-refractivity contribution is 7.13. The van der Waals surface area contributed by atoms with E-state index in [4.69, 9.17) is 0 Å². The van der Waals surface area contributed by atoms with Crippen molar-refractivity contribution in [2.24, 2.45) is 0 Å². The Kier molecular flexibility index (Phi) is 3.47. The third-order valence-electron chi connectivity index (χ3n) is 2.75. The SMILES string of the molecule is C(=C\c1cncnc1-c1cccs1)/c1ccccc1. The highest BCUT2D eigenvalue weighted by Gasteiger charge is 2.04. The number of aromatic nitrogens is 2. The molecule has 0 radical (unpaired) electrons. The first-order valence-corrected chi connectivity index (χ1v) is 6.88. The first-order valence-electron chi connectivity index (χ1n) is 6.00. The predicted octanol–water partition coefficient (Wildman–Crippen LogP) is 4.38. The lowest BCUT2D eigenvalue weighted by Crippen LogP contribution is -1.87. The van der Waals surface area contributed by atoms with Gasteiger partial charge in [0, 0.05) is 11.8 Å². The lowest BCUT2D eigenvalue weighted by molar-refractivity contribution is 1.17. The van der Waals surface area contributed by atoms with Crippen molar-refractivity contribution in [3.05, 3.63) is 71.5 Å². The third kappa shape index (κ3) is 2.77. The van der Waals surface area contributed by atoms with Gasteiger partial charge in [-0.3, -0.25) is 0 Å². The number of hydrogen-bond donors (Lipinski definition) is 0. The predicted molar refractivity (Wildman–Crippen MR) is 80.7 cm³/mol. The zero-order valence-corrected chi connectivity index (χ0v) is 11.0. The van der Waals surface area contributed by atoms with Gasteiger partial charge in [0.05, 0.1) is 10.6 Å². The van der Waals surface area contributed by atoms with Crippen molar-refractivity contribution < 1.29 is 0 Å². The largest absolute Gasteiger partial charge is 0.244 e. The van der Waals surface area contributed by atoms with Gasteiger partial charge < -0.3 is 0 Å². The van der Waals surface area contributed by atoms with Gasteiger partial charge in [-0.15, -0.1) is 11.3 Å². The molecule has 0 unspecified atom stereocenters. The van der Waals surface area contributed by atoms with Crippen molar-refractivity contribution in [3.63, 3.8) is 0 Å². The Labute approximate surface area is 116 Å². The summed E-state index contributed by atoms with van der Waals surface area (Å²) in [6.07, 6.45) is 7.58. The minimum atomic E-state index is 0.984. The Morgan fingerprint density at radius 3 is 2.63 bits per heavy atom. The minimum Gasteiger partial charge on any atom is -0.244 e. The van der Waals surface area contributed by atoms with E-state index in [9.17, 15) is 0 Å². The van der Waals surface area contributed by atoms with E-state index >= 15 is 0 Å². The van der Waals surface area contributed by atoms with Crippen LogP contribution in [0.3, 0.4) is 0 Å². The Hall–Kier alpha value is -2.26. The maximum absolute atomic E-state index is 4.38.